The van der Waals surface area contributed by atoms with Crippen molar-refractivity contribution in [3.63, 3.8) is 0 Å². The molecule has 3 amide bonds. The third kappa shape index (κ3) is 7.92. The monoisotopic (exact) mass is 624 g/mol. The summed E-state index contributed by atoms with van der Waals surface area (Å²) in [4.78, 5) is 36.1. The quantitative estimate of drug-likeness (QED) is 0.150. The number of rotatable bonds is 8. The summed E-state index contributed by atoms with van der Waals surface area (Å²) >= 11 is 7.92. The summed E-state index contributed by atoms with van der Waals surface area (Å²) in [5, 5.41) is 9.27. The molecule has 0 aliphatic rings. The van der Waals surface area contributed by atoms with Crippen molar-refractivity contribution < 1.29 is 28.2 Å². The van der Waals surface area contributed by atoms with E-state index in [9.17, 15) is 18.8 Å². The van der Waals surface area contributed by atoms with Crippen LogP contribution < -0.4 is 25.5 Å². The Bertz CT molecular complexity index is 1300. The molecule has 36 heavy (non-hydrogen) atoms. The lowest BCUT2D eigenvalue weighted by atomic mass is 10.2. The highest BCUT2D eigenvalue weighted by Crippen LogP contribution is 2.33. The van der Waals surface area contributed by atoms with Gasteiger partial charge in [-0.2, -0.15) is 5.10 Å². The Morgan fingerprint density at radius 1 is 1.03 bits per heavy atom. The molecule has 0 heterocycles. The van der Waals surface area contributed by atoms with Gasteiger partial charge in [0.15, 0.2) is 18.1 Å². The zero-order valence-corrected chi connectivity index (χ0v) is 21.6. The number of hydrogen-bond donors (Lipinski definition) is 3. The van der Waals surface area contributed by atoms with Gasteiger partial charge in [0.2, 0.25) is 0 Å². The average Bonchev–Trinajstić information content (AvgIpc) is 2.84. The van der Waals surface area contributed by atoms with Crippen LogP contribution in [0.4, 0.5) is 15.8 Å². The fourth-order valence-electron chi connectivity index (χ4n) is 2.79. The molecule has 0 aliphatic heterocycles. The number of halogens is 3. The SMILES string of the molecule is COc1cc(/C=N\NC(=O)C(=O)Nc2ccc(F)cc2)cc(I)c1OCC(=O)Nc1cccc(Cl)c1. The summed E-state index contributed by atoms with van der Waals surface area (Å²) in [5.41, 5.74) is 3.44. The van der Waals surface area contributed by atoms with Crippen LogP contribution in [0, 0.1) is 9.39 Å². The molecule has 3 aromatic rings. The highest BCUT2D eigenvalue weighted by atomic mass is 127. The fourth-order valence-corrected chi connectivity index (χ4v) is 3.76. The number of anilines is 2. The Labute approximate surface area is 224 Å². The molecule has 0 aromatic heterocycles. The second-order valence-electron chi connectivity index (χ2n) is 7.04. The number of hydrazone groups is 1. The maximum Gasteiger partial charge on any atom is 0.329 e. The van der Waals surface area contributed by atoms with E-state index in [1.165, 1.54) is 25.5 Å². The number of carbonyl (C=O) groups excluding carboxylic acids is 3. The van der Waals surface area contributed by atoms with Gasteiger partial charge in [-0.25, -0.2) is 9.82 Å². The van der Waals surface area contributed by atoms with Crippen LogP contribution in [0.1, 0.15) is 5.56 Å². The summed E-state index contributed by atoms with van der Waals surface area (Å²) < 4.78 is 24.6. The van der Waals surface area contributed by atoms with E-state index in [1.54, 1.807) is 36.4 Å². The minimum atomic E-state index is -1.01. The maximum absolute atomic E-state index is 12.9. The molecule has 0 radical (unpaired) electrons. The molecule has 12 heteroatoms. The number of hydrogen-bond acceptors (Lipinski definition) is 6. The first-order valence-corrected chi connectivity index (χ1v) is 11.7. The average molecular weight is 625 g/mol. The zero-order valence-electron chi connectivity index (χ0n) is 18.7. The first kappa shape index (κ1) is 26.9. The van der Waals surface area contributed by atoms with Crippen LogP contribution in [0.15, 0.2) is 65.8 Å². The molecule has 9 nitrogen and oxygen atoms in total. The number of nitrogens with one attached hydrogen (secondary N) is 3. The van der Waals surface area contributed by atoms with Crippen molar-refractivity contribution in [2.24, 2.45) is 5.10 Å². The Hall–Kier alpha value is -3.71. The van der Waals surface area contributed by atoms with E-state index in [-0.39, 0.29) is 18.2 Å². The number of methoxy groups -OCH3 is 1. The van der Waals surface area contributed by atoms with Crippen LogP contribution >= 0.6 is 34.2 Å². The van der Waals surface area contributed by atoms with Crippen LogP contribution in [0.5, 0.6) is 11.5 Å². The summed E-state index contributed by atoms with van der Waals surface area (Å²) in [6, 6.07) is 14.9. The van der Waals surface area contributed by atoms with Crippen molar-refractivity contribution in [3.05, 3.63) is 80.6 Å². The largest absolute Gasteiger partial charge is 0.493 e. The lowest BCUT2D eigenvalue weighted by Crippen LogP contribution is -2.32. The number of ether oxygens (including phenoxy) is 2. The minimum absolute atomic E-state index is 0.261. The molecule has 0 aliphatic carbocycles. The smallest absolute Gasteiger partial charge is 0.329 e. The normalized spacial score (nSPS) is 10.6. The first-order chi connectivity index (χ1) is 17.2. The van der Waals surface area contributed by atoms with Crippen molar-refractivity contribution in [1.29, 1.82) is 0 Å². The van der Waals surface area contributed by atoms with Crippen LogP contribution in [-0.4, -0.2) is 37.7 Å². The van der Waals surface area contributed by atoms with Gasteiger partial charge in [-0.1, -0.05) is 17.7 Å². The minimum Gasteiger partial charge on any atom is -0.493 e. The maximum atomic E-state index is 12.9. The van der Waals surface area contributed by atoms with Gasteiger partial charge in [0.1, 0.15) is 5.82 Å². The van der Waals surface area contributed by atoms with Crippen molar-refractivity contribution in [1.82, 2.24) is 5.43 Å². The second-order valence-corrected chi connectivity index (χ2v) is 8.64. The molecular formula is C24H19ClFIN4O5. The number of amides is 3. The predicted molar refractivity (Wildman–Crippen MR) is 142 cm³/mol. The summed E-state index contributed by atoms with van der Waals surface area (Å²) in [6.45, 7) is -0.272. The molecule has 0 atom stereocenters. The van der Waals surface area contributed by atoms with Crippen LogP contribution in [0.25, 0.3) is 0 Å². The van der Waals surface area contributed by atoms with Gasteiger partial charge < -0.3 is 20.1 Å². The Morgan fingerprint density at radius 2 is 1.78 bits per heavy atom. The zero-order chi connectivity index (χ0) is 26.1. The number of benzene rings is 3. The van der Waals surface area contributed by atoms with Gasteiger partial charge >= 0.3 is 11.8 Å². The highest BCUT2D eigenvalue weighted by Gasteiger charge is 2.15. The second kappa shape index (κ2) is 12.8. The lowest BCUT2D eigenvalue weighted by Gasteiger charge is -2.13. The molecule has 0 bridgehead atoms. The van der Waals surface area contributed by atoms with E-state index in [0.29, 0.717) is 31.3 Å². The van der Waals surface area contributed by atoms with Gasteiger partial charge in [0.25, 0.3) is 5.91 Å². The van der Waals surface area contributed by atoms with E-state index < -0.39 is 17.6 Å². The molecule has 0 fully saturated rings. The standard InChI is InChI=1S/C24H19ClFIN4O5/c1-35-20-10-14(12-28-31-24(34)23(33)30-17-7-5-16(26)6-8-17)9-19(27)22(20)36-13-21(32)29-18-4-2-3-15(25)11-18/h2-12H,13H2,1H3,(H,29,32)(H,30,33)(H,31,34)/b28-12-. The molecule has 3 N–H and O–H groups in total. The van der Waals surface area contributed by atoms with Crippen molar-refractivity contribution >= 4 is 69.5 Å². The van der Waals surface area contributed by atoms with E-state index in [2.05, 4.69) is 21.2 Å². The van der Waals surface area contributed by atoms with E-state index in [0.717, 1.165) is 12.1 Å². The third-order valence-corrected chi connectivity index (χ3v) is 5.43. The molecule has 3 rings (SSSR count). The van der Waals surface area contributed by atoms with Crippen LogP contribution in [0.2, 0.25) is 5.02 Å². The number of nitrogens with zero attached hydrogens (tertiary/aromatic N) is 1. The Balaban J connectivity index is 1.57. The lowest BCUT2D eigenvalue weighted by molar-refractivity contribution is -0.136. The van der Waals surface area contributed by atoms with E-state index in [1.807, 2.05) is 22.6 Å². The van der Waals surface area contributed by atoms with E-state index in [4.69, 9.17) is 21.1 Å². The van der Waals surface area contributed by atoms with Crippen molar-refractivity contribution in [2.45, 2.75) is 0 Å². The Morgan fingerprint density at radius 3 is 2.47 bits per heavy atom. The molecule has 186 valence electrons. The Kier molecular flexibility index (Phi) is 9.59. The van der Waals surface area contributed by atoms with Gasteiger partial charge in [-0.15, -0.1) is 0 Å². The third-order valence-electron chi connectivity index (χ3n) is 4.40. The van der Waals surface area contributed by atoms with Crippen LogP contribution in [-0.2, 0) is 14.4 Å². The highest BCUT2D eigenvalue weighted by molar-refractivity contribution is 14.1. The van der Waals surface area contributed by atoms with Gasteiger partial charge in [-0.05, 0) is 82.8 Å². The fraction of sp³-hybridized carbons (Fsp3) is 0.0833. The molecule has 3 aromatic carbocycles. The molecular weight excluding hydrogens is 606 g/mol. The first-order valence-electron chi connectivity index (χ1n) is 10.2. The van der Waals surface area contributed by atoms with Crippen molar-refractivity contribution in [2.75, 3.05) is 24.4 Å². The van der Waals surface area contributed by atoms with E-state index >= 15 is 0 Å². The summed E-state index contributed by atoms with van der Waals surface area (Å²) in [6.07, 6.45) is 1.31. The molecule has 0 unspecified atom stereocenters. The predicted octanol–water partition coefficient (Wildman–Crippen LogP) is 4.20. The topological polar surface area (TPSA) is 118 Å². The van der Waals surface area contributed by atoms with Gasteiger partial charge in [0, 0.05) is 16.4 Å². The molecule has 0 spiro atoms. The summed E-state index contributed by atoms with van der Waals surface area (Å²) in [7, 11) is 1.44. The van der Waals surface area contributed by atoms with Gasteiger partial charge in [-0.3, -0.25) is 14.4 Å². The number of carbonyl (C=O) groups is 3. The summed E-state index contributed by atoms with van der Waals surface area (Å²) in [5.74, 6) is -2.15. The van der Waals surface area contributed by atoms with Gasteiger partial charge in [0.05, 0.1) is 16.9 Å². The van der Waals surface area contributed by atoms with Crippen molar-refractivity contribution in [3.8, 4) is 11.5 Å². The van der Waals surface area contributed by atoms with Crippen LogP contribution in [0.3, 0.4) is 0 Å². The molecule has 0 saturated heterocycles. The molecule has 0 saturated carbocycles.